The van der Waals surface area contributed by atoms with Crippen molar-refractivity contribution in [2.24, 2.45) is 5.73 Å². The van der Waals surface area contributed by atoms with E-state index in [0.29, 0.717) is 11.4 Å². The Balaban J connectivity index is 0.00000432. The summed E-state index contributed by atoms with van der Waals surface area (Å²) in [6.07, 6.45) is 0.961. The molecule has 2 aromatic carbocycles. The third-order valence-electron chi connectivity index (χ3n) is 9.36. The standard InChI is InChI=1S/C36H33N5O8.ClH/c1-2-36(49-34(46)28(11-12-30(42)43)40-32(44)25(37)14-20-16-38-27-10-6-4-8-22(20)27)24-15-29-31-21(13-19-7-3-5-9-26(19)39-31)17-41(29)33(45)23(24)18-48-35(36)47;/h3-10,13,15-16,25,28,38H,2,11-12,14,17-18,37H2,1H3,(H,40,44)(H,42,43);1H/t25-,28-,36-;/m0./s1. The van der Waals surface area contributed by atoms with Crippen molar-refractivity contribution in [2.75, 3.05) is 0 Å². The second-order valence-electron chi connectivity index (χ2n) is 12.3. The van der Waals surface area contributed by atoms with Crippen LogP contribution in [0, 0.1) is 0 Å². The first kappa shape index (κ1) is 34.3. The first-order valence-corrected chi connectivity index (χ1v) is 16.0. The monoisotopic (exact) mass is 699 g/mol. The predicted molar refractivity (Wildman–Crippen MR) is 184 cm³/mol. The lowest BCUT2D eigenvalue weighted by Crippen LogP contribution is -2.53. The van der Waals surface area contributed by atoms with Gasteiger partial charge in [-0.05, 0) is 49.1 Å². The van der Waals surface area contributed by atoms with E-state index in [0.717, 1.165) is 32.9 Å². The molecule has 0 spiro atoms. The van der Waals surface area contributed by atoms with E-state index in [9.17, 15) is 29.1 Å². The average molecular weight is 700 g/mol. The number of carbonyl (C=O) groups is 4. The number of fused-ring (bicyclic) bond motifs is 6. The largest absolute Gasteiger partial charge is 0.481 e. The van der Waals surface area contributed by atoms with Gasteiger partial charge in [0.05, 0.1) is 35.1 Å². The van der Waals surface area contributed by atoms with Crippen molar-refractivity contribution in [1.82, 2.24) is 19.9 Å². The Hall–Kier alpha value is -5.53. The molecule has 2 aliphatic rings. The highest BCUT2D eigenvalue weighted by Crippen LogP contribution is 2.41. The molecule has 14 heteroatoms. The average Bonchev–Trinajstić information content (AvgIpc) is 3.67. The fraction of sp³-hybridized carbons (Fsp3) is 0.278. The van der Waals surface area contributed by atoms with Gasteiger partial charge in [-0.1, -0.05) is 43.3 Å². The number of aromatic amines is 1. The minimum absolute atomic E-state index is 0. The van der Waals surface area contributed by atoms with Gasteiger partial charge >= 0.3 is 17.9 Å². The number of carbonyl (C=O) groups excluding carboxylic acids is 3. The molecule has 0 saturated heterocycles. The van der Waals surface area contributed by atoms with Crippen molar-refractivity contribution >= 4 is 58.0 Å². The molecule has 0 bridgehead atoms. The summed E-state index contributed by atoms with van der Waals surface area (Å²) in [5.41, 5.74) is 8.38. The van der Waals surface area contributed by atoms with Gasteiger partial charge in [0.15, 0.2) is 0 Å². The van der Waals surface area contributed by atoms with E-state index >= 15 is 0 Å². The lowest BCUT2D eigenvalue weighted by atomic mass is 9.85. The number of nitrogens with one attached hydrogen (secondary N) is 2. The molecule has 3 aromatic heterocycles. The zero-order valence-corrected chi connectivity index (χ0v) is 27.7. The first-order chi connectivity index (χ1) is 23.6. The molecule has 0 aliphatic carbocycles. The molecule has 0 radical (unpaired) electrons. The number of ether oxygens (including phenoxy) is 2. The maximum atomic E-state index is 13.9. The van der Waals surface area contributed by atoms with Gasteiger partial charge in [0.2, 0.25) is 11.5 Å². The smallest absolute Gasteiger partial charge is 0.355 e. The van der Waals surface area contributed by atoms with Gasteiger partial charge in [0, 0.05) is 40.0 Å². The van der Waals surface area contributed by atoms with Crippen LogP contribution in [0.25, 0.3) is 33.2 Å². The molecule has 0 fully saturated rings. The van der Waals surface area contributed by atoms with Crippen LogP contribution < -0.4 is 16.6 Å². The van der Waals surface area contributed by atoms with Crippen LogP contribution in [0.15, 0.2) is 71.7 Å². The number of nitrogens with zero attached hydrogens (tertiary/aromatic N) is 2. The molecule has 1 amide bonds. The Morgan fingerprint density at radius 3 is 2.68 bits per heavy atom. The number of carboxylic acids is 1. The van der Waals surface area contributed by atoms with Gasteiger partial charge in [0.25, 0.3) is 5.56 Å². The molecule has 7 rings (SSSR count). The number of para-hydroxylation sites is 2. The number of cyclic esters (lactones) is 1. The topological polar surface area (TPSA) is 196 Å². The number of benzene rings is 2. The van der Waals surface area contributed by atoms with E-state index in [1.807, 2.05) is 54.6 Å². The molecular weight excluding hydrogens is 666 g/mol. The van der Waals surface area contributed by atoms with Gasteiger partial charge in [-0.2, -0.15) is 0 Å². The van der Waals surface area contributed by atoms with Gasteiger partial charge in [0.1, 0.15) is 12.6 Å². The molecular formula is C36H34ClN5O8. The van der Waals surface area contributed by atoms with Crippen molar-refractivity contribution in [3.63, 3.8) is 0 Å². The number of hydrogen-bond donors (Lipinski definition) is 4. The number of rotatable bonds is 10. The maximum absolute atomic E-state index is 13.9. The number of aromatic nitrogens is 3. The maximum Gasteiger partial charge on any atom is 0.355 e. The normalized spacial score (nSPS) is 17.1. The molecule has 3 atom stereocenters. The Labute approximate surface area is 291 Å². The zero-order valence-electron chi connectivity index (χ0n) is 26.9. The summed E-state index contributed by atoms with van der Waals surface area (Å²) in [6, 6.07) is 16.1. The first-order valence-electron chi connectivity index (χ1n) is 16.0. The number of amides is 1. The van der Waals surface area contributed by atoms with Gasteiger partial charge < -0.3 is 35.2 Å². The van der Waals surface area contributed by atoms with Crippen LogP contribution >= 0.6 is 12.4 Å². The minimum Gasteiger partial charge on any atom is -0.481 e. The molecule has 0 unspecified atom stereocenters. The van der Waals surface area contributed by atoms with Crippen molar-refractivity contribution in [1.29, 1.82) is 0 Å². The van der Waals surface area contributed by atoms with E-state index in [-0.39, 0.29) is 55.9 Å². The van der Waals surface area contributed by atoms with Crippen LogP contribution in [-0.2, 0) is 53.8 Å². The minimum atomic E-state index is -2.04. The van der Waals surface area contributed by atoms with Crippen molar-refractivity contribution < 1.29 is 33.8 Å². The summed E-state index contributed by atoms with van der Waals surface area (Å²) >= 11 is 0. The van der Waals surface area contributed by atoms with Crippen LogP contribution in [0.5, 0.6) is 0 Å². The Morgan fingerprint density at radius 2 is 1.90 bits per heavy atom. The van der Waals surface area contributed by atoms with Crippen LogP contribution in [0.2, 0.25) is 0 Å². The number of carboxylic acid groups (broad SMARTS) is 1. The lowest BCUT2D eigenvalue weighted by Gasteiger charge is -2.36. The fourth-order valence-corrected chi connectivity index (χ4v) is 6.75. The summed E-state index contributed by atoms with van der Waals surface area (Å²) < 4.78 is 12.9. The third kappa shape index (κ3) is 5.88. The van der Waals surface area contributed by atoms with Crippen LogP contribution in [0.1, 0.15) is 48.4 Å². The summed E-state index contributed by atoms with van der Waals surface area (Å²) in [4.78, 5) is 74.1. The lowest BCUT2D eigenvalue weighted by molar-refractivity contribution is -0.191. The molecule has 13 nitrogen and oxygen atoms in total. The van der Waals surface area contributed by atoms with Crippen LogP contribution in [0.3, 0.4) is 0 Å². The molecule has 50 heavy (non-hydrogen) atoms. The summed E-state index contributed by atoms with van der Waals surface area (Å²) in [6.45, 7) is 1.56. The van der Waals surface area contributed by atoms with Gasteiger partial charge in [-0.15, -0.1) is 12.4 Å². The summed E-state index contributed by atoms with van der Waals surface area (Å²) in [7, 11) is 0. The zero-order chi connectivity index (χ0) is 34.4. The number of esters is 2. The third-order valence-corrected chi connectivity index (χ3v) is 9.36. The number of nitrogens with two attached hydrogens (primary N) is 1. The Bertz CT molecular complexity index is 2250. The van der Waals surface area contributed by atoms with Crippen LogP contribution in [0.4, 0.5) is 0 Å². The highest BCUT2D eigenvalue weighted by Gasteiger charge is 2.51. The molecule has 5 heterocycles. The summed E-state index contributed by atoms with van der Waals surface area (Å²) in [5, 5.41) is 13.8. The van der Waals surface area contributed by atoms with E-state index in [2.05, 4.69) is 10.3 Å². The van der Waals surface area contributed by atoms with Crippen LogP contribution in [-0.4, -0.2) is 55.5 Å². The second-order valence-corrected chi connectivity index (χ2v) is 12.3. The summed E-state index contributed by atoms with van der Waals surface area (Å²) in [5.74, 6) is -3.86. The molecule has 2 aliphatic heterocycles. The quantitative estimate of drug-likeness (QED) is 0.154. The van der Waals surface area contributed by atoms with Crippen molar-refractivity contribution in [3.05, 3.63) is 99.5 Å². The highest BCUT2D eigenvalue weighted by molar-refractivity contribution is 5.92. The number of H-pyrrole nitrogens is 1. The Morgan fingerprint density at radius 1 is 1.14 bits per heavy atom. The number of hydrogen-bond acceptors (Lipinski definition) is 9. The van der Waals surface area contributed by atoms with Gasteiger partial charge in [-0.25, -0.2) is 14.6 Å². The number of aliphatic carboxylic acids is 1. The molecule has 5 aromatic rings. The van der Waals surface area contributed by atoms with E-state index in [1.54, 1.807) is 23.8 Å². The molecule has 258 valence electrons. The van der Waals surface area contributed by atoms with E-state index in [1.165, 1.54) is 0 Å². The molecule has 0 saturated carbocycles. The number of pyridine rings is 2. The van der Waals surface area contributed by atoms with E-state index in [4.69, 9.17) is 20.2 Å². The number of halogens is 1. The fourth-order valence-electron chi connectivity index (χ4n) is 6.75. The SMILES string of the molecule is CC[C@@]1(OC(=O)[C@H](CCC(=O)O)NC(=O)[C@@H](N)Cc2c[nH]c3ccccc23)C(=O)OCc2c1cc1n(c2=O)Cc2cc3ccccc3nc2-1.Cl. The highest BCUT2D eigenvalue weighted by atomic mass is 35.5. The van der Waals surface area contributed by atoms with Gasteiger partial charge in [-0.3, -0.25) is 14.4 Å². The van der Waals surface area contributed by atoms with Crippen molar-refractivity contribution in [2.45, 2.75) is 63.4 Å². The predicted octanol–water partition coefficient (Wildman–Crippen LogP) is 3.45. The van der Waals surface area contributed by atoms with Crippen molar-refractivity contribution in [3.8, 4) is 11.4 Å². The van der Waals surface area contributed by atoms with E-state index < -0.39 is 53.5 Å². The Kier molecular flexibility index (Phi) is 9.21. The molecule has 5 N–H and O–H groups in total. The second kappa shape index (κ2) is 13.4.